The monoisotopic (exact) mass is 327 g/mol. The van der Waals surface area contributed by atoms with E-state index in [4.69, 9.17) is 17.3 Å². The zero-order valence-corrected chi connectivity index (χ0v) is 13.2. The van der Waals surface area contributed by atoms with E-state index in [9.17, 15) is 4.39 Å². The largest absolute Gasteiger partial charge is 0.399 e. The van der Waals surface area contributed by atoms with Gasteiger partial charge >= 0.3 is 0 Å². The highest BCUT2D eigenvalue weighted by Gasteiger charge is 2.36. The average Bonchev–Trinajstić information content (AvgIpc) is 3.24. The Bertz CT molecular complexity index is 844. The minimum atomic E-state index is -0.420. The predicted octanol–water partition coefficient (Wildman–Crippen LogP) is 4.12. The number of nitrogens with zero attached hydrogens (tertiary/aromatic N) is 1. The van der Waals surface area contributed by atoms with E-state index in [1.165, 1.54) is 6.08 Å². The highest BCUT2D eigenvalue weighted by Crippen LogP contribution is 2.42. The molecule has 0 bridgehead atoms. The molecule has 0 fully saturated rings. The Hall–Kier alpha value is -2.33. The van der Waals surface area contributed by atoms with E-state index in [0.29, 0.717) is 10.7 Å². The second kappa shape index (κ2) is 5.10. The number of rotatable bonds is 2. The van der Waals surface area contributed by atoms with Crippen molar-refractivity contribution in [3.8, 4) is 0 Å². The van der Waals surface area contributed by atoms with Gasteiger partial charge in [-0.25, -0.2) is 9.38 Å². The standard InChI is InChI=1S/C18H15ClFN3/c1-9-6-11(19)7-13(20)16(9)18-17(22-14-8-15(14)23-18)10-2-4-12(21)5-3-10/h2-9,16,23H,21H2,1H3. The Kier molecular flexibility index (Phi) is 3.16. The van der Waals surface area contributed by atoms with E-state index < -0.39 is 5.92 Å². The van der Waals surface area contributed by atoms with Crippen molar-refractivity contribution < 1.29 is 4.39 Å². The molecule has 3 nitrogen and oxygen atoms in total. The fourth-order valence-electron chi connectivity index (χ4n) is 3.03. The zero-order valence-electron chi connectivity index (χ0n) is 12.5. The maximum atomic E-state index is 14.6. The van der Waals surface area contributed by atoms with Crippen molar-refractivity contribution in [3.05, 3.63) is 70.3 Å². The summed E-state index contributed by atoms with van der Waals surface area (Å²) in [5.41, 5.74) is 10.8. The molecule has 3 N–H and O–H groups in total. The molecule has 5 heteroatoms. The van der Waals surface area contributed by atoms with E-state index in [2.05, 4.69) is 10.3 Å². The lowest BCUT2D eigenvalue weighted by Gasteiger charge is -2.29. The summed E-state index contributed by atoms with van der Waals surface area (Å²) in [6.45, 7) is 1.95. The van der Waals surface area contributed by atoms with Crippen LogP contribution in [-0.4, -0.2) is 5.71 Å². The lowest BCUT2D eigenvalue weighted by molar-refractivity contribution is 0.422. The van der Waals surface area contributed by atoms with Crippen LogP contribution in [0.1, 0.15) is 12.5 Å². The molecule has 0 spiro atoms. The highest BCUT2D eigenvalue weighted by atomic mass is 35.5. The van der Waals surface area contributed by atoms with Crippen molar-refractivity contribution in [2.24, 2.45) is 16.8 Å². The molecular weight excluding hydrogens is 313 g/mol. The molecule has 0 aromatic heterocycles. The van der Waals surface area contributed by atoms with Gasteiger partial charge in [0.25, 0.3) is 0 Å². The SMILES string of the molecule is CC1C=C(Cl)C=C(F)C1C1=C(c2ccc(N)cc2)N=C2C=C2N1. The van der Waals surface area contributed by atoms with E-state index in [1.807, 2.05) is 43.3 Å². The number of aliphatic imine (C=N–C) groups is 1. The van der Waals surface area contributed by atoms with Crippen LogP contribution in [0.3, 0.4) is 0 Å². The Morgan fingerprint density at radius 2 is 1.96 bits per heavy atom. The van der Waals surface area contributed by atoms with E-state index in [-0.39, 0.29) is 11.7 Å². The number of allylic oxidation sites excluding steroid dienone is 6. The highest BCUT2D eigenvalue weighted by molar-refractivity contribution is 6.31. The van der Waals surface area contributed by atoms with Gasteiger partial charge in [0.2, 0.25) is 0 Å². The summed E-state index contributed by atoms with van der Waals surface area (Å²) in [5, 5.41) is 3.76. The molecule has 4 rings (SSSR count). The van der Waals surface area contributed by atoms with Crippen molar-refractivity contribution in [2.45, 2.75) is 6.92 Å². The third-order valence-electron chi connectivity index (χ3n) is 4.25. The fourth-order valence-corrected chi connectivity index (χ4v) is 3.34. The summed E-state index contributed by atoms with van der Waals surface area (Å²) in [6.07, 6.45) is 5.19. The van der Waals surface area contributed by atoms with E-state index >= 15 is 0 Å². The maximum Gasteiger partial charge on any atom is 0.111 e. The smallest absolute Gasteiger partial charge is 0.111 e. The minimum Gasteiger partial charge on any atom is -0.399 e. The normalized spacial score (nSPS) is 25.7. The van der Waals surface area contributed by atoms with Crippen molar-refractivity contribution in [1.82, 2.24) is 5.32 Å². The number of nitrogen functional groups attached to an aromatic ring is 1. The van der Waals surface area contributed by atoms with Crippen molar-refractivity contribution in [3.63, 3.8) is 0 Å². The van der Waals surface area contributed by atoms with E-state index in [1.54, 1.807) is 0 Å². The van der Waals surface area contributed by atoms with Crippen LogP contribution in [0, 0.1) is 11.8 Å². The van der Waals surface area contributed by atoms with E-state index in [0.717, 1.165) is 28.4 Å². The molecule has 0 radical (unpaired) electrons. The van der Waals surface area contributed by atoms with Gasteiger partial charge in [-0.2, -0.15) is 0 Å². The maximum absolute atomic E-state index is 14.6. The number of halogens is 2. The molecule has 3 aliphatic rings. The van der Waals surface area contributed by atoms with Gasteiger partial charge in [0.05, 0.1) is 28.7 Å². The number of hydrogen-bond donors (Lipinski definition) is 2. The molecule has 1 aromatic carbocycles. The summed E-state index contributed by atoms with van der Waals surface area (Å²) < 4.78 is 14.6. The summed E-state index contributed by atoms with van der Waals surface area (Å²) in [6, 6.07) is 7.45. The molecular formula is C18H15ClFN3. The van der Waals surface area contributed by atoms with Crippen LogP contribution in [0.4, 0.5) is 10.1 Å². The number of anilines is 1. The average molecular weight is 328 g/mol. The van der Waals surface area contributed by atoms with Crippen LogP contribution in [-0.2, 0) is 0 Å². The quantitative estimate of drug-likeness (QED) is 0.803. The summed E-state index contributed by atoms with van der Waals surface area (Å²) >= 11 is 5.97. The Balaban J connectivity index is 1.83. The molecule has 1 heterocycles. The topological polar surface area (TPSA) is 50.4 Å². The van der Waals surface area contributed by atoms with Gasteiger partial charge in [0, 0.05) is 16.3 Å². The second-order valence-corrected chi connectivity index (χ2v) is 6.42. The summed E-state index contributed by atoms with van der Waals surface area (Å²) in [4.78, 5) is 4.65. The van der Waals surface area contributed by atoms with Crippen molar-refractivity contribution in [1.29, 1.82) is 0 Å². The predicted molar refractivity (Wildman–Crippen MR) is 92.2 cm³/mol. The first-order valence-electron chi connectivity index (χ1n) is 7.45. The summed E-state index contributed by atoms with van der Waals surface area (Å²) in [5.74, 6) is -0.730. The van der Waals surface area contributed by atoms with Gasteiger partial charge in [0.1, 0.15) is 5.83 Å². The molecule has 2 atom stereocenters. The number of nitrogens with two attached hydrogens (primary N) is 1. The number of hydrogen-bond acceptors (Lipinski definition) is 3. The lowest BCUT2D eigenvalue weighted by Crippen LogP contribution is -2.27. The minimum absolute atomic E-state index is 0.0603. The molecule has 116 valence electrons. The first kappa shape index (κ1) is 14.3. The molecule has 23 heavy (non-hydrogen) atoms. The van der Waals surface area contributed by atoms with Crippen LogP contribution in [0.15, 0.2) is 69.7 Å². The third-order valence-corrected chi connectivity index (χ3v) is 4.48. The molecule has 1 aliphatic heterocycles. The Labute approximate surface area is 138 Å². The molecule has 0 saturated heterocycles. The number of fused-ring (bicyclic) bond motifs is 1. The molecule has 0 amide bonds. The van der Waals surface area contributed by atoms with Crippen LogP contribution in [0.2, 0.25) is 0 Å². The van der Waals surface area contributed by atoms with Gasteiger partial charge in [-0.05, 0) is 30.2 Å². The van der Waals surface area contributed by atoms with Gasteiger partial charge in [-0.15, -0.1) is 0 Å². The van der Waals surface area contributed by atoms with Gasteiger partial charge in [-0.1, -0.05) is 36.7 Å². The lowest BCUT2D eigenvalue weighted by atomic mass is 9.84. The van der Waals surface area contributed by atoms with Crippen LogP contribution >= 0.6 is 11.6 Å². The first-order chi connectivity index (χ1) is 11.0. The number of nitrogens with one attached hydrogen (secondary N) is 1. The van der Waals surface area contributed by atoms with Gasteiger partial charge < -0.3 is 11.1 Å². The molecule has 0 saturated carbocycles. The molecule has 2 aliphatic carbocycles. The first-order valence-corrected chi connectivity index (χ1v) is 7.83. The van der Waals surface area contributed by atoms with Crippen LogP contribution in [0.25, 0.3) is 5.70 Å². The Morgan fingerprint density at radius 1 is 1.22 bits per heavy atom. The fraction of sp³-hybridized carbons (Fsp3) is 0.167. The van der Waals surface area contributed by atoms with Crippen molar-refractivity contribution >= 4 is 28.7 Å². The van der Waals surface area contributed by atoms with Crippen LogP contribution < -0.4 is 11.1 Å². The molecule has 1 aromatic rings. The second-order valence-electron chi connectivity index (χ2n) is 5.98. The Morgan fingerprint density at radius 3 is 2.65 bits per heavy atom. The number of benzene rings is 1. The van der Waals surface area contributed by atoms with Gasteiger partial charge in [0.15, 0.2) is 0 Å². The molecule has 2 unspecified atom stereocenters. The van der Waals surface area contributed by atoms with Crippen LogP contribution in [0.5, 0.6) is 0 Å². The summed E-state index contributed by atoms with van der Waals surface area (Å²) in [7, 11) is 0. The third kappa shape index (κ3) is 2.49. The van der Waals surface area contributed by atoms with Crippen molar-refractivity contribution in [2.75, 3.05) is 5.73 Å². The zero-order chi connectivity index (χ0) is 16.1. The van der Waals surface area contributed by atoms with Gasteiger partial charge in [-0.3, -0.25) is 0 Å².